The summed E-state index contributed by atoms with van der Waals surface area (Å²) in [6.07, 6.45) is 0.944. The highest BCUT2D eigenvalue weighted by atomic mass is 19.3. The van der Waals surface area contributed by atoms with E-state index in [1.807, 2.05) is 6.92 Å². The molecular weight excluding hydrogens is 283 g/mol. The van der Waals surface area contributed by atoms with Gasteiger partial charge < -0.3 is 5.73 Å². The number of unbranched alkanes of at least 4 members (excludes halogenated alkanes) is 1. The lowest BCUT2D eigenvalue weighted by atomic mass is 10.0. The van der Waals surface area contributed by atoms with Crippen molar-refractivity contribution in [3.05, 3.63) is 29.5 Å². The zero-order chi connectivity index (χ0) is 15.4. The number of fused-ring (bicyclic) bond motifs is 1. The van der Waals surface area contributed by atoms with Crippen molar-refractivity contribution < 1.29 is 13.2 Å². The number of hydrogen-bond donors (Lipinski definition) is 1. The Morgan fingerprint density at radius 3 is 2.71 bits per heavy atom. The molecule has 2 rings (SSSR count). The second-order valence-corrected chi connectivity index (χ2v) is 4.62. The summed E-state index contributed by atoms with van der Waals surface area (Å²) in [5.41, 5.74) is 7.67. The average Bonchev–Trinajstić information content (AvgIpc) is 2.93. The normalized spacial score (nSPS) is 11.0. The van der Waals surface area contributed by atoms with E-state index in [9.17, 15) is 13.2 Å². The maximum absolute atomic E-state index is 12.7. The van der Waals surface area contributed by atoms with Gasteiger partial charge in [-0.2, -0.15) is 23.4 Å². The van der Waals surface area contributed by atoms with E-state index < -0.39 is 11.9 Å². The Hall–Kier alpha value is -2.12. The van der Waals surface area contributed by atoms with Crippen LogP contribution in [0.2, 0.25) is 0 Å². The van der Waals surface area contributed by atoms with Gasteiger partial charge in [-0.1, -0.05) is 6.92 Å². The van der Waals surface area contributed by atoms with Crippen molar-refractivity contribution in [2.45, 2.75) is 39.0 Å². The van der Waals surface area contributed by atoms with Crippen LogP contribution < -0.4 is 5.73 Å². The van der Waals surface area contributed by atoms with Gasteiger partial charge in [0, 0.05) is 12.0 Å². The van der Waals surface area contributed by atoms with Gasteiger partial charge in [-0.15, -0.1) is 0 Å². The van der Waals surface area contributed by atoms with Crippen LogP contribution in [0.3, 0.4) is 0 Å². The Balaban J connectivity index is 2.10. The predicted octanol–water partition coefficient (Wildman–Crippen LogP) is 3.06. The molecule has 0 bridgehead atoms. The molecular formula is C13H16F3N5. The van der Waals surface area contributed by atoms with E-state index in [0.29, 0.717) is 37.3 Å². The van der Waals surface area contributed by atoms with Gasteiger partial charge >= 0.3 is 6.08 Å². The van der Waals surface area contributed by atoms with Crippen LogP contribution in [0.1, 0.15) is 37.4 Å². The quantitative estimate of drug-likeness (QED) is 0.832. The summed E-state index contributed by atoms with van der Waals surface area (Å²) in [5.74, 6) is -0.466. The lowest BCUT2D eigenvalue weighted by molar-refractivity contribution is 0.367. The van der Waals surface area contributed by atoms with Crippen molar-refractivity contribution in [1.82, 2.24) is 19.6 Å². The Bertz CT molecular complexity index is 661. The highest BCUT2D eigenvalue weighted by Gasteiger charge is 2.13. The number of hydrogen-bond acceptors (Lipinski definition) is 4. The van der Waals surface area contributed by atoms with E-state index in [4.69, 9.17) is 5.73 Å². The van der Waals surface area contributed by atoms with Gasteiger partial charge in [0.05, 0.1) is 5.69 Å². The minimum atomic E-state index is -2.24. The van der Waals surface area contributed by atoms with Gasteiger partial charge in [0.1, 0.15) is 12.1 Å². The Morgan fingerprint density at radius 1 is 1.29 bits per heavy atom. The molecule has 0 atom stereocenters. The van der Waals surface area contributed by atoms with Crippen LogP contribution in [0.25, 0.3) is 5.78 Å². The first-order chi connectivity index (χ1) is 10.0. The molecule has 0 saturated carbocycles. The molecule has 0 saturated heterocycles. The van der Waals surface area contributed by atoms with Crippen molar-refractivity contribution in [2.75, 3.05) is 5.73 Å². The number of allylic oxidation sites excluding steroid dienone is 1. The van der Waals surface area contributed by atoms with E-state index in [-0.39, 0.29) is 6.42 Å². The molecule has 0 aromatic carbocycles. The van der Waals surface area contributed by atoms with Crippen LogP contribution in [0.5, 0.6) is 0 Å². The SMILES string of the molecule is CCc1nc2ncnn2c(N)c1CCCCC(F)=C(F)F. The third kappa shape index (κ3) is 3.32. The second kappa shape index (κ2) is 6.55. The molecule has 0 spiro atoms. The average molecular weight is 299 g/mol. The van der Waals surface area contributed by atoms with E-state index in [1.165, 1.54) is 10.8 Å². The van der Waals surface area contributed by atoms with Crippen LogP contribution in [0.15, 0.2) is 18.2 Å². The number of nitrogen functional groups attached to an aromatic ring is 1. The number of nitrogens with two attached hydrogens (primary N) is 1. The first-order valence-electron chi connectivity index (χ1n) is 6.71. The van der Waals surface area contributed by atoms with Crippen LogP contribution in [0.4, 0.5) is 19.0 Å². The fraction of sp³-hybridized carbons (Fsp3) is 0.462. The number of anilines is 1. The first kappa shape index (κ1) is 15.3. The standard InChI is InChI=1S/C13H16F3N5/c1-2-10-8(5-3-4-6-9(14)11(15)16)12(17)21-13(20-10)18-7-19-21/h7H,2-6,17H2,1H3. The molecule has 0 radical (unpaired) electrons. The third-order valence-corrected chi connectivity index (χ3v) is 3.26. The maximum Gasteiger partial charge on any atom is 0.301 e. The smallest absolute Gasteiger partial charge is 0.301 e. The fourth-order valence-corrected chi connectivity index (χ4v) is 2.19. The highest BCUT2D eigenvalue weighted by molar-refractivity contribution is 5.49. The summed E-state index contributed by atoms with van der Waals surface area (Å²) in [5, 5.41) is 3.99. The van der Waals surface area contributed by atoms with Gasteiger partial charge in [0.2, 0.25) is 0 Å². The lowest BCUT2D eigenvalue weighted by Gasteiger charge is -2.11. The summed E-state index contributed by atoms with van der Waals surface area (Å²) in [6.45, 7) is 1.94. The van der Waals surface area contributed by atoms with E-state index in [0.717, 1.165) is 11.3 Å². The number of halogens is 3. The van der Waals surface area contributed by atoms with Crippen LogP contribution in [-0.2, 0) is 12.8 Å². The molecule has 0 aliphatic heterocycles. The van der Waals surface area contributed by atoms with Crippen molar-refractivity contribution in [1.29, 1.82) is 0 Å². The Labute approximate surface area is 119 Å². The topological polar surface area (TPSA) is 69.1 Å². The monoisotopic (exact) mass is 299 g/mol. The molecule has 0 unspecified atom stereocenters. The van der Waals surface area contributed by atoms with E-state index in [2.05, 4.69) is 15.1 Å². The molecule has 2 aromatic rings. The minimum Gasteiger partial charge on any atom is -0.383 e. The third-order valence-electron chi connectivity index (χ3n) is 3.26. The first-order valence-corrected chi connectivity index (χ1v) is 6.71. The molecule has 114 valence electrons. The number of rotatable bonds is 6. The van der Waals surface area contributed by atoms with Crippen molar-refractivity contribution >= 4 is 11.6 Å². The van der Waals surface area contributed by atoms with Crippen LogP contribution >= 0.6 is 0 Å². The molecule has 21 heavy (non-hydrogen) atoms. The zero-order valence-electron chi connectivity index (χ0n) is 11.6. The summed E-state index contributed by atoms with van der Waals surface area (Å²) in [7, 11) is 0. The number of aromatic nitrogens is 4. The molecule has 0 fully saturated rings. The van der Waals surface area contributed by atoms with E-state index >= 15 is 0 Å². The van der Waals surface area contributed by atoms with Crippen LogP contribution in [-0.4, -0.2) is 19.6 Å². The Kier molecular flexibility index (Phi) is 4.77. The molecule has 2 aromatic heterocycles. The van der Waals surface area contributed by atoms with Crippen molar-refractivity contribution in [3.8, 4) is 0 Å². The Morgan fingerprint density at radius 2 is 2.05 bits per heavy atom. The van der Waals surface area contributed by atoms with Gasteiger partial charge in [-0.05, 0) is 25.7 Å². The summed E-state index contributed by atoms with van der Waals surface area (Å²) in [6, 6.07) is 0. The largest absolute Gasteiger partial charge is 0.383 e. The summed E-state index contributed by atoms with van der Waals surface area (Å²) in [4.78, 5) is 8.35. The van der Waals surface area contributed by atoms with Crippen molar-refractivity contribution in [3.63, 3.8) is 0 Å². The number of aryl methyl sites for hydroxylation is 1. The molecule has 8 heteroatoms. The van der Waals surface area contributed by atoms with Gasteiger partial charge in [-0.25, -0.2) is 9.37 Å². The van der Waals surface area contributed by atoms with Gasteiger partial charge in [0.15, 0.2) is 5.83 Å². The molecule has 0 aliphatic rings. The molecule has 2 N–H and O–H groups in total. The zero-order valence-corrected chi connectivity index (χ0v) is 11.6. The highest BCUT2D eigenvalue weighted by Crippen LogP contribution is 2.21. The molecule has 5 nitrogen and oxygen atoms in total. The van der Waals surface area contributed by atoms with Crippen LogP contribution in [0, 0.1) is 0 Å². The summed E-state index contributed by atoms with van der Waals surface area (Å²) < 4.78 is 38.1. The summed E-state index contributed by atoms with van der Waals surface area (Å²) >= 11 is 0. The lowest BCUT2D eigenvalue weighted by Crippen LogP contribution is -2.10. The van der Waals surface area contributed by atoms with Gasteiger partial charge in [0.25, 0.3) is 5.78 Å². The maximum atomic E-state index is 12.7. The van der Waals surface area contributed by atoms with Crippen molar-refractivity contribution in [2.24, 2.45) is 0 Å². The fourth-order valence-electron chi connectivity index (χ4n) is 2.19. The molecule has 0 aliphatic carbocycles. The van der Waals surface area contributed by atoms with Gasteiger partial charge in [-0.3, -0.25) is 0 Å². The second-order valence-electron chi connectivity index (χ2n) is 4.62. The number of nitrogens with zero attached hydrogens (tertiary/aromatic N) is 4. The van der Waals surface area contributed by atoms with E-state index in [1.54, 1.807) is 0 Å². The molecule has 2 heterocycles. The minimum absolute atomic E-state index is 0.261. The predicted molar refractivity (Wildman–Crippen MR) is 72.5 cm³/mol. The molecule has 0 amide bonds.